The molecule has 2 saturated heterocycles. The van der Waals surface area contributed by atoms with Gasteiger partial charge in [-0.05, 0) is 12.5 Å². The molecule has 3 heterocycles. The molecule has 2 aliphatic heterocycles. The fraction of sp³-hybridized carbons (Fsp3) is 0.438. The molecule has 0 bridgehead atoms. The van der Waals surface area contributed by atoms with Gasteiger partial charge in [0.15, 0.2) is 5.79 Å². The van der Waals surface area contributed by atoms with Gasteiger partial charge in [-0.1, -0.05) is 18.2 Å². The quantitative estimate of drug-likeness (QED) is 0.813. The number of thiophene rings is 1. The van der Waals surface area contributed by atoms with E-state index in [1.54, 1.807) is 11.3 Å². The van der Waals surface area contributed by atoms with Gasteiger partial charge in [-0.25, -0.2) is 0 Å². The van der Waals surface area contributed by atoms with E-state index in [4.69, 9.17) is 9.47 Å². The molecule has 0 unspecified atom stereocenters. The number of hydrogen-bond acceptors (Lipinski definition) is 4. The first kappa shape index (κ1) is 13.2. The highest BCUT2D eigenvalue weighted by molar-refractivity contribution is 7.17. The molecule has 0 radical (unpaired) electrons. The Labute approximate surface area is 127 Å². The van der Waals surface area contributed by atoms with Crippen molar-refractivity contribution in [2.24, 2.45) is 0 Å². The molecule has 4 nitrogen and oxygen atoms in total. The van der Waals surface area contributed by atoms with Gasteiger partial charge in [0.25, 0.3) is 5.91 Å². The number of piperidine rings is 1. The summed E-state index contributed by atoms with van der Waals surface area (Å²) < 4.78 is 12.7. The summed E-state index contributed by atoms with van der Waals surface area (Å²) in [6.07, 6.45) is 1.80. The summed E-state index contributed by atoms with van der Waals surface area (Å²) in [5.74, 6) is -0.467. The highest BCUT2D eigenvalue weighted by Gasteiger charge is 2.42. The van der Waals surface area contributed by atoms with E-state index in [-0.39, 0.29) is 5.91 Å². The van der Waals surface area contributed by atoms with Gasteiger partial charge in [0, 0.05) is 28.4 Å². The van der Waals surface area contributed by atoms with E-state index in [2.05, 4.69) is 6.07 Å². The van der Waals surface area contributed by atoms with E-state index in [9.17, 15) is 4.79 Å². The molecule has 1 aromatic carbocycles. The van der Waals surface area contributed by atoms with Crippen molar-refractivity contribution >= 4 is 27.3 Å². The molecule has 2 fully saturated rings. The molecule has 1 aromatic heterocycles. The molecule has 21 heavy (non-hydrogen) atoms. The zero-order chi connectivity index (χ0) is 14.3. The number of carbonyl (C=O) groups excluding carboxylic acids is 1. The van der Waals surface area contributed by atoms with Crippen LogP contribution >= 0.6 is 11.3 Å². The Morgan fingerprint density at radius 1 is 1.24 bits per heavy atom. The largest absolute Gasteiger partial charge is 0.346 e. The standard InChI is InChI=1S/C16H17NO3S/c18-15(13-10-21-14-5-2-1-4-12(13)14)17-7-3-6-16(11-17)19-8-9-20-16/h1-2,4-5,10H,3,6-9,11H2. The fourth-order valence-corrected chi connectivity index (χ4v) is 4.14. The Hall–Kier alpha value is -1.43. The zero-order valence-electron chi connectivity index (χ0n) is 11.7. The summed E-state index contributed by atoms with van der Waals surface area (Å²) in [4.78, 5) is 14.7. The maximum absolute atomic E-state index is 12.8. The van der Waals surface area contributed by atoms with E-state index in [0.717, 1.165) is 35.0 Å². The SMILES string of the molecule is O=C(c1csc2ccccc12)N1CCCC2(C1)OCCO2. The summed E-state index contributed by atoms with van der Waals surface area (Å²) >= 11 is 1.62. The Morgan fingerprint density at radius 2 is 2.05 bits per heavy atom. The van der Waals surface area contributed by atoms with Crippen LogP contribution in [0.15, 0.2) is 29.6 Å². The minimum Gasteiger partial charge on any atom is -0.346 e. The van der Waals surface area contributed by atoms with E-state index >= 15 is 0 Å². The first-order valence-electron chi connectivity index (χ1n) is 7.31. The molecule has 2 aliphatic rings. The van der Waals surface area contributed by atoms with Crippen molar-refractivity contribution in [2.75, 3.05) is 26.3 Å². The molecule has 0 aliphatic carbocycles. The first-order chi connectivity index (χ1) is 10.3. The number of carbonyl (C=O) groups is 1. The Kier molecular flexibility index (Phi) is 3.21. The van der Waals surface area contributed by atoms with Crippen LogP contribution in [0.5, 0.6) is 0 Å². The average molecular weight is 303 g/mol. The maximum atomic E-state index is 12.8. The number of fused-ring (bicyclic) bond motifs is 1. The van der Waals surface area contributed by atoms with Gasteiger partial charge in [-0.2, -0.15) is 0 Å². The van der Waals surface area contributed by atoms with Crippen molar-refractivity contribution in [3.05, 3.63) is 35.2 Å². The highest BCUT2D eigenvalue weighted by Crippen LogP contribution is 2.32. The van der Waals surface area contributed by atoms with Crippen molar-refractivity contribution in [1.82, 2.24) is 4.90 Å². The van der Waals surface area contributed by atoms with Crippen molar-refractivity contribution in [3.63, 3.8) is 0 Å². The van der Waals surface area contributed by atoms with E-state index in [0.29, 0.717) is 19.8 Å². The first-order valence-corrected chi connectivity index (χ1v) is 8.19. The summed E-state index contributed by atoms with van der Waals surface area (Å²) in [7, 11) is 0. The Bertz CT molecular complexity index is 675. The van der Waals surface area contributed by atoms with Crippen LogP contribution in [0.1, 0.15) is 23.2 Å². The molecule has 1 spiro atoms. The van der Waals surface area contributed by atoms with Gasteiger partial charge in [0.05, 0.1) is 25.3 Å². The van der Waals surface area contributed by atoms with Crippen molar-refractivity contribution in [2.45, 2.75) is 18.6 Å². The number of nitrogens with zero attached hydrogens (tertiary/aromatic N) is 1. The Balaban J connectivity index is 1.62. The lowest BCUT2D eigenvalue weighted by molar-refractivity contribution is -0.183. The fourth-order valence-electron chi connectivity index (χ4n) is 3.21. The number of hydrogen-bond donors (Lipinski definition) is 0. The van der Waals surface area contributed by atoms with E-state index < -0.39 is 5.79 Å². The minimum atomic E-state index is -0.556. The smallest absolute Gasteiger partial charge is 0.255 e. The monoisotopic (exact) mass is 303 g/mol. The van der Waals surface area contributed by atoms with Gasteiger partial charge >= 0.3 is 0 Å². The van der Waals surface area contributed by atoms with Crippen LogP contribution in [0, 0.1) is 0 Å². The summed E-state index contributed by atoms with van der Waals surface area (Å²) in [5.41, 5.74) is 0.797. The van der Waals surface area contributed by atoms with E-state index in [1.165, 1.54) is 0 Å². The second kappa shape index (κ2) is 5.09. The third-order valence-corrected chi connectivity index (χ3v) is 5.19. The van der Waals surface area contributed by atoms with Crippen LogP contribution in [0.25, 0.3) is 10.1 Å². The molecule has 4 rings (SSSR count). The summed E-state index contributed by atoms with van der Waals surface area (Å²) in [6, 6.07) is 8.05. The predicted molar refractivity (Wildman–Crippen MR) is 81.6 cm³/mol. The van der Waals surface area contributed by atoms with Crippen molar-refractivity contribution < 1.29 is 14.3 Å². The molecule has 0 N–H and O–H groups in total. The predicted octanol–water partition coefficient (Wildman–Crippen LogP) is 2.88. The number of amides is 1. The normalized spacial score (nSPS) is 21.2. The molecule has 110 valence electrons. The summed E-state index contributed by atoms with van der Waals surface area (Å²) in [5, 5.41) is 3.00. The zero-order valence-corrected chi connectivity index (χ0v) is 12.5. The van der Waals surface area contributed by atoms with Crippen LogP contribution in [0.2, 0.25) is 0 Å². The van der Waals surface area contributed by atoms with Crippen LogP contribution in [-0.4, -0.2) is 42.9 Å². The molecule has 5 heteroatoms. The minimum absolute atomic E-state index is 0.0885. The number of ether oxygens (including phenoxy) is 2. The number of rotatable bonds is 1. The topological polar surface area (TPSA) is 38.8 Å². The summed E-state index contributed by atoms with van der Waals surface area (Å²) in [6.45, 7) is 2.57. The lowest BCUT2D eigenvalue weighted by Gasteiger charge is -2.38. The van der Waals surface area contributed by atoms with E-state index in [1.807, 2.05) is 28.5 Å². The Morgan fingerprint density at radius 3 is 2.90 bits per heavy atom. The maximum Gasteiger partial charge on any atom is 0.255 e. The molecular weight excluding hydrogens is 286 g/mol. The van der Waals surface area contributed by atoms with Crippen LogP contribution in [0.3, 0.4) is 0 Å². The average Bonchev–Trinajstić information content (AvgIpc) is 3.14. The van der Waals surface area contributed by atoms with Crippen molar-refractivity contribution in [3.8, 4) is 0 Å². The van der Waals surface area contributed by atoms with Gasteiger partial charge in [0.2, 0.25) is 0 Å². The second-order valence-electron chi connectivity index (χ2n) is 5.58. The lowest BCUT2D eigenvalue weighted by atomic mass is 10.0. The third-order valence-electron chi connectivity index (χ3n) is 4.23. The third kappa shape index (κ3) is 2.25. The number of benzene rings is 1. The van der Waals surface area contributed by atoms with Crippen LogP contribution in [-0.2, 0) is 9.47 Å². The molecular formula is C16H17NO3S. The molecule has 0 saturated carbocycles. The lowest BCUT2D eigenvalue weighted by Crippen LogP contribution is -2.51. The molecule has 2 aromatic rings. The second-order valence-corrected chi connectivity index (χ2v) is 6.49. The van der Waals surface area contributed by atoms with Crippen LogP contribution in [0.4, 0.5) is 0 Å². The number of likely N-dealkylation sites (tertiary alicyclic amines) is 1. The van der Waals surface area contributed by atoms with Gasteiger partial charge in [-0.3, -0.25) is 4.79 Å². The van der Waals surface area contributed by atoms with Gasteiger partial charge < -0.3 is 14.4 Å². The molecule has 1 amide bonds. The highest BCUT2D eigenvalue weighted by atomic mass is 32.1. The van der Waals surface area contributed by atoms with Gasteiger partial charge in [0.1, 0.15) is 0 Å². The van der Waals surface area contributed by atoms with Gasteiger partial charge in [-0.15, -0.1) is 11.3 Å². The molecule has 0 atom stereocenters. The van der Waals surface area contributed by atoms with Crippen LogP contribution < -0.4 is 0 Å². The van der Waals surface area contributed by atoms with Crippen molar-refractivity contribution in [1.29, 1.82) is 0 Å².